The number of nitro groups is 1. The smallest absolute Gasteiger partial charge is 0.224 e. The van der Waals surface area contributed by atoms with Crippen LogP contribution < -0.4 is 5.73 Å². The van der Waals surface area contributed by atoms with E-state index in [0.717, 1.165) is 32.1 Å². The number of nitrogens with zero attached hydrogens (tertiary/aromatic N) is 3. The van der Waals surface area contributed by atoms with E-state index in [1.165, 1.54) is 19.3 Å². The number of hydrogen-bond donors (Lipinski definition) is 5. The molecule has 2 unspecified atom stereocenters. The first-order valence-electron chi connectivity index (χ1n) is 12.9. The Balaban J connectivity index is 0.000000342. The van der Waals surface area contributed by atoms with Crippen LogP contribution in [0.15, 0.2) is 0 Å². The zero-order valence-electron chi connectivity index (χ0n) is 21.4. The molecule has 202 valence electrons. The number of likely N-dealkylation sites (N-methyl/N-ethyl adjacent to an activating group) is 2. The van der Waals surface area contributed by atoms with E-state index in [-0.39, 0.29) is 36.2 Å². The normalized spacial score (nSPS) is 21.6. The fraction of sp³-hybridized carbons (Fsp3) is 1.00. The van der Waals surface area contributed by atoms with E-state index in [1.807, 2.05) is 11.9 Å². The van der Waals surface area contributed by atoms with Crippen molar-refractivity contribution in [3.63, 3.8) is 0 Å². The molecule has 2 fully saturated rings. The minimum Gasteiger partial charge on any atom is -0.395 e. The van der Waals surface area contributed by atoms with Gasteiger partial charge in [0, 0.05) is 55.9 Å². The van der Waals surface area contributed by atoms with Gasteiger partial charge in [-0.1, -0.05) is 25.7 Å². The van der Waals surface area contributed by atoms with Crippen molar-refractivity contribution in [2.45, 2.75) is 100 Å². The molecule has 2 saturated carbocycles. The van der Waals surface area contributed by atoms with Gasteiger partial charge in [-0.2, -0.15) is 0 Å². The SMILES string of the molecule is CN(CCO)CC(O)CC1(N)CCCCC1.CN(CCO)CC(O)CC1([N+](=O)[O-])CCCCC1. The first kappa shape index (κ1) is 31.2. The summed E-state index contributed by atoms with van der Waals surface area (Å²) in [5.41, 5.74) is 5.19. The van der Waals surface area contributed by atoms with Gasteiger partial charge in [0.2, 0.25) is 5.54 Å². The number of rotatable bonds is 13. The lowest BCUT2D eigenvalue weighted by atomic mass is 9.78. The van der Waals surface area contributed by atoms with Gasteiger partial charge in [0.15, 0.2) is 0 Å². The van der Waals surface area contributed by atoms with Crippen LogP contribution in [0.25, 0.3) is 0 Å². The molecule has 0 radical (unpaired) electrons. The van der Waals surface area contributed by atoms with Crippen LogP contribution in [0.3, 0.4) is 0 Å². The van der Waals surface area contributed by atoms with Gasteiger partial charge in [-0.25, -0.2) is 0 Å². The van der Waals surface area contributed by atoms with Crippen molar-refractivity contribution >= 4 is 0 Å². The van der Waals surface area contributed by atoms with Crippen molar-refractivity contribution in [3.8, 4) is 0 Å². The summed E-state index contributed by atoms with van der Waals surface area (Å²) in [7, 11) is 3.70. The molecule has 0 spiro atoms. The largest absolute Gasteiger partial charge is 0.395 e. The van der Waals surface area contributed by atoms with Gasteiger partial charge in [0.1, 0.15) is 0 Å². The molecule has 0 bridgehead atoms. The Labute approximate surface area is 205 Å². The Bertz CT molecular complexity index is 556. The predicted molar refractivity (Wildman–Crippen MR) is 133 cm³/mol. The minimum atomic E-state index is -0.933. The van der Waals surface area contributed by atoms with E-state index in [4.69, 9.17) is 15.9 Å². The summed E-state index contributed by atoms with van der Waals surface area (Å²) in [6.45, 7) is 2.22. The second-order valence-corrected chi connectivity index (χ2v) is 10.7. The quantitative estimate of drug-likeness (QED) is 0.187. The first-order valence-corrected chi connectivity index (χ1v) is 12.9. The maximum Gasteiger partial charge on any atom is 0.224 e. The highest BCUT2D eigenvalue weighted by molar-refractivity contribution is 4.90. The number of aliphatic hydroxyl groups excluding tert-OH is 4. The lowest BCUT2D eigenvalue weighted by molar-refractivity contribution is -0.578. The van der Waals surface area contributed by atoms with Crippen LogP contribution in [-0.4, -0.2) is 112 Å². The molecule has 10 heteroatoms. The van der Waals surface area contributed by atoms with E-state index in [2.05, 4.69) is 0 Å². The summed E-state index contributed by atoms with van der Waals surface area (Å²) in [6, 6.07) is 0. The van der Waals surface area contributed by atoms with Crippen LogP contribution in [0.1, 0.15) is 77.0 Å². The molecule has 2 aliphatic carbocycles. The fourth-order valence-electron chi connectivity index (χ4n) is 5.41. The average Bonchev–Trinajstić information content (AvgIpc) is 2.75. The summed E-state index contributed by atoms with van der Waals surface area (Å²) < 4.78 is 0. The minimum absolute atomic E-state index is 0.0313. The van der Waals surface area contributed by atoms with Crippen LogP contribution in [0.2, 0.25) is 0 Å². The number of hydrogen-bond acceptors (Lipinski definition) is 9. The summed E-state index contributed by atoms with van der Waals surface area (Å²) in [6.07, 6.45) is 9.49. The highest BCUT2D eigenvalue weighted by atomic mass is 16.6. The second-order valence-electron chi connectivity index (χ2n) is 10.7. The predicted octanol–water partition coefficient (Wildman–Crippen LogP) is 0.964. The van der Waals surface area contributed by atoms with Crippen LogP contribution in [0.4, 0.5) is 0 Å². The lowest BCUT2D eigenvalue weighted by Crippen LogP contribution is -2.46. The third kappa shape index (κ3) is 11.7. The molecule has 6 N–H and O–H groups in total. The van der Waals surface area contributed by atoms with Crippen LogP contribution in [0.5, 0.6) is 0 Å². The van der Waals surface area contributed by atoms with Gasteiger partial charge in [-0.05, 0) is 46.2 Å². The Kier molecular flexibility index (Phi) is 14.6. The molecule has 34 heavy (non-hydrogen) atoms. The highest BCUT2D eigenvalue weighted by Gasteiger charge is 2.45. The molecule has 0 aliphatic heterocycles. The van der Waals surface area contributed by atoms with Gasteiger partial charge in [0.05, 0.1) is 25.4 Å². The van der Waals surface area contributed by atoms with E-state index in [9.17, 15) is 20.3 Å². The molecular formula is C24H50N4O6. The van der Waals surface area contributed by atoms with Gasteiger partial charge >= 0.3 is 0 Å². The summed E-state index contributed by atoms with van der Waals surface area (Å²) in [5.74, 6) is 0. The average molecular weight is 491 g/mol. The third-order valence-corrected chi connectivity index (χ3v) is 7.29. The standard InChI is InChI=1S/C12H24N2O4.C12H26N2O2/c1-13(7-8-15)10-11(16)9-12(14(17)18)5-3-2-4-6-12;1-14(7-8-15)10-11(16)9-12(13)5-3-2-4-6-12/h11,15-16H,2-10H2,1H3;11,15-16H,2-10,13H2,1H3. The zero-order valence-corrected chi connectivity index (χ0v) is 21.4. The maximum atomic E-state index is 11.3. The molecule has 0 saturated heterocycles. The Morgan fingerprint density at radius 2 is 1.24 bits per heavy atom. The van der Waals surface area contributed by atoms with Crippen molar-refractivity contribution in [2.75, 3.05) is 53.5 Å². The fourth-order valence-corrected chi connectivity index (χ4v) is 5.41. The lowest BCUT2D eigenvalue weighted by Gasteiger charge is -2.35. The molecular weight excluding hydrogens is 440 g/mol. The van der Waals surface area contributed by atoms with Crippen LogP contribution in [0, 0.1) is 10.1 Å². The molecule has 2 aliphatic rings. The van der Waals surface area contributed by atoms with Crippen LogP contribution in [-0.2, 0) is 0 Å². The Morgan fingerprint density at radius 3 is 1.65 bits per heavy atom. The van der Waals surface area contributed by atoms with Crippen molar-refractivity contribution in [1.29, 1.82) is 0 Å². The Hall–Kier alpha value is -0.880. The van der Waals surface area contributed by atoms with E-state index in [1.54, 1.807) is 11.9 Å². The second kappa shape index (κ2) is 16.0. The van der Waals surface area contributed by atoms with Crippen molar-refractivity contribution in [3.05, 3.63) is 10.1 Å². The van der Waals surface area contributed by atoms with E-state index in [0.29, 0.717) is 45.4 Å². The van der Waals surface area contributed by atoms with Gasteiger partial charge in [-0.3, -0.25) is 10.1 Å². The number of aliphatic hydroxyl groups is 4. The summed E-state index contributed by atoms with van der Waals surface area (Å²) >= 11 is 0. The van der Waals surface area contributed by atoms with Crippen molar-refractivity contribution in [2.24, 2.45) is 5.73 Å². The Morgan fingerprint density at radius 1 is 0.824 bits per heavy atom. The van der Waals surface area contributed by atoms with Crippen LogP contribution >= 0.6 is 0 Å². The number of nitrogens with two attached hydrogens (primary N) is 1. The molecule has 10 nitrogen and oxygen atoms in total. The topological polar surface area (TPSA) is 157 Å². The van der Waals surface area contributed by atoms with Gasteiger partial charge in [-0.15, -0.1) is 0 Å². The van der Waals surface area contributed by atoms with Gasteiger partial charge < -0.3 is 36.0 Å². The summed E-state index contributed by atoms with van der Waals surface area (Å²) in [4.78, 5) is 14.8. The molecule has 0 amide bonds. The maximum absolute atomic E-state index is 11.3. The summed E-state index contributed by atoms with van der Waals surface area (Å²) in [5, 5.41) is 48.8. The molecule has 0 aromatic heterocycles. The highest BCUT2D eigenvalue weighted by Crippen LogP contribution is 2.35. The van der Waals surface area contributed by atoms with Crippen molar-refractivity contribution in [1.82, 2.24) is 9.80 Å². The molecule has 2 rings (SSSR count). The first-order chi connectivity index (χ1) is 16.1. The zero-order chi connectivity index (χ0) is 25.6. The van der Waals surface area contributed by atoms with Crippen molar-refractivity contribution < 1.29 is 25.3 Å². The molecule has 2 atom stereocenters. The molecule has 0 aromatic rings. The molecule has 0 aromatic carbocycles. The van der Waals surface area contributed by atoms with E-state index < -0.39 is 11.6 Å². The third-order valence-electron chi connectivity index (χ3n) is 7.29. The molecule has 0 heterocycles. The van der Waals surface area contributed by atoms with Gasteiger partial charge in [0.25, 0.3) is 0 Å². The monoisotopic (exact) mass is 490 g/mol. The van der Waals surface area contributed by atoms with E-state index >= 15 is 0 Å².